The summed E-state index contributed by atoms with van der Waals surface area (Å²) in [6.07, 6.45) is -1.46. The monoisotopic (exact) mass is 459 g/mol. The van der Waals surface area contributed by atoms with E-state index in [0.717, 1.165) is 17.2 Å². The molecule has 4 N–H and O–H groups in total. The van der Waals surface area contributed by atoms with Crippen molar-refractivity contribution in [3.8, 4) is 11.1 Å². The van der Waals surface area contributed by atoms with E-state index in [4.69, 9.17) is 15.9 Å². The first kappa shape index (κ1) is 25.0. The van der Waals surface area contributed by atoms with Crippen LogP contribution in [-0.4, -0.2) is 18.9 Å². The van der Waals surface area contributed by atoms with Crippen LogP contribution in [0.4, 0.5) is 8.78 Å². The van der Waals surface area contributed by atoms with Gasteiger partial charge in [0.25, 0.3) is 5.91 Å². The fourth-order valence-corrected chi connectivity index (χ4v) is 3.21. The number of hydrogen-bond donors (Lipinski definition) is 3. The molecule has 168 valence electrons. The van der Waals surface area contributed by atoms with Gasteiger partial charge in [-0.15, -0.1) is 12.4 Å². The molecule has 32 heavy (non-hydrogen) atoms. The van der Waals surface area contributed by atoms with E-state index in [1.807, 2.05) is 19.1 Å². The molecule has 1 amide bonds. The Morgan fingerprint density at radius 1 is 1.06 bits per heavy atom. The number of ether oxygens (including phenoxy) is 1. The Morgan fingerprint density at radius 3 is 2.25 bits per heavy atom. The van der Waals surface area contributed by atoms with Crippen molar-refractivity contribution in [1.82, 2.24) is 5.32 Å². The fraction of sp³-hybridized carbons (Fsp3) is 0.167. The Hall–Kier alpha value is -3.29. The summed E-state index contributed by atoms with van der Waals surface area (Å²) < 4.78 is 35.0. The smallest absolute Gasteiger partial charge is 0.254 e. The van der Waals surface area contributed by atoms with Crippen molar-refractivity contribution in [1.29, 1.82) is 5.41 Å². The Morgan fingerprint density at radius 2 is 1.69 bits per heavy atom. The molecule has 3 rings (SSSR count). The van der Waals surface area contributed by atoms with Crippen molar-refractivity contribution in [2.24, 2.45) is 5.73 Å². The number of amidine groups is 1. The summed E-state index contributed by atoms with van der Waals surface area (Å²) in [7, 11) is 1.23. The van der Waals surface area contributed by atoms with Gasteiger partial charge < -0.3 is 15.8 Å². The van der Waals surface area contributed by atoms with Crippen molar-refractivity contribution in [2.75, 3.05) is 7.11 Å². The number of nitrogens with two attached hydrogens (primary N) is 1. The van der Waals surface area contributed by atoms with Gasteiger partial charge in [0.1, 0.15) is 17.5 Å². The lowest BCUT2D eigenvalue weighted by atomic mass is 9.97. The van der Waals surface area contributed by atoms with Gasteiger partial charge in [-0.05, 0) is 30.2 Å². The van der Waals surface area contributed by atoms with Crippen LogP contribution in [-0.2, 0) is 16.1 Å². The maximum atomic E-state index is 15.3. The van der Waals surface area contributed by atoms with Gasteiger partial charge in [0.2, 0.25) is 0 Å². The number of hydrogen-bond acceptors (Lipinski definition) is 3. The van der Waals surface area contributed by atoms with Crippen LogP contribution < -0.4 is 11.1 Å². The highest BCUT2D eigenvalue weighted by molar-refractivity contribution is 5.94. The van der Waals surface area contributed by atoms with E-state index in [-0.39, 0.29) is 30.4 Å². The van der Waals surface area contributed by atoms with Crippen LogP contribution >= 0.6 is 12.4 Å². The molecule has 3 aromatic carbocycles. The molecule has 0 saturated carbocycles. The van der Waals surface area contributed by atoms with E-state index in [9.17, 15) is 9.18 Å². The lowest BCUT2D eigenvalue weighted by Gasteiger charge is -2.19. The summed E-state index contributed by atoms with van der Waals surface area (Å²) in [5.41, 5.74) is 8.05. The third-order valence-corrected chi connectivity index (χ3v) is 4.96. The molecular formula is C24H24ClF2N3O2. The zero-order valence-electron chi connectivity index (χ0n) is 17.6. The number of methoxy groups -OCH3 is 1. The third kappa shape index (κ3) is 5.49. The topological polar surface area (TPSA) is 88.2 Å². The number of carbonyl (C=O) groups excluding carboxylic acids is 1. The second-order valence-electron chi connectivity index (χ2n) is 7.13. The number of halogens is 3. The van der Waals surface area contributed by atoms with Gasteiger partial charge in [-0.1, -0.05) is 54.1 Å². The number of benzene rings is 3. The minimum Gasteiger partial charge on any atom is -0.384 e. The average Bonchev–Trinajstić information content (AvgIpc) is 2.76. The molecule has 3 aromatic rings. The number of aryl methyl sites for hydroxylation is 1. The summed E-state index contributed by atoms with van der Waals surface area (Å²) in [6.45, 7) is 2.03. The maximum Gasteiger partial charge on any atom is 0.254 e. The van der Waals surface area contributed by atoms with Gasteiger partial charge in [-0.3, -0.25) is 10.2 Å². The molecule has 1 atom stereocenters. The molecule has 0 aliphatic carbocycles. The highest BCUT2D eigenvalue weighted by Gasteiger charge is 2.28. The molecule has 0 heterocycles. The number of carbonyl (C=O) groups is 1. The fourth-order valence-electron chi connectivity index (χ4n) is 3.21. The predicted octanol–water partition coefficient (Wildman–Crippen LogP) is 4.65. The standard InChI is InChI=1S/C24H23F2N3O2.ClH/c1-14-3-7-16(8-4-14)18-11-12-19(25)20(21(18)26)22(31-2)24(30)29-13-15-5-9-17(10-6-15)23(27)28;/h3-12,22H,13H2,1-2H3,(H3,27,28)(H,29,30);1H/t22-;/m0./s1. The lowest BCUT2D eigenvalue weighted by molar-refractivity contribution is -0.131. The summed E-state index contributed by atoms with van der Waals surface area (Å²) in [5, 5.41) is 10.0. The second-order valence-corrected chi connectivity index (χ2v) is 7.13. The Bertz CT molecular complexity index is 1100. The van der Waals surface area contributed by atoms with Gasteiger partial charge in [-0.2, -0.15) is 0 Å². The van der Waals surface area contributed by atoms with E-state index in [2.05, 4.69) is 5.32 Å². The van der Waals surface area contributed by atoms with Crippen LogP contribution in [0.15, 0.2) is 60.7 Å². The summed E-state index contributed by atoms with van der Waals surface area (Å²) in [6, 6.07) is 16.3. The van der Waals surface area contributed by atoms with Gasteiger partial charge >= 0.3 is 0 Å². The van der Waals surface area contributed by atoms with E-state index in [1.54, 1.807) is 36.4 Å². The number of nitrogen functional groups attached to an aromatic ring is 1. The normalized spacial score (nSPS) is 11.4. The molecule has 0 bridgehead atoms. The van der Waals surface area contributed by atoms with E-state index < -0.39 is 29.2 Å². The highest BCUT2D eigenvalue weighted by Crippen LogP contribution is 2.32. The zero-order valence-corrected chi connectivity index (χ0v) is 18.4. The number of nitrogens with one attached hydrogen (secondary N) is 2. The zero-order chi connectivity index (χ0) is 22.5. The molecule has 0 aromatic heterocycles. The number of rotatable bonds is 7. The molecule has 0 fully saturated rings. The van der Waals surface area contributed by atoms with Crippen molar-refractivity contribution >= 4 is 24.1 Å². The molecular weight excluding hydrogens is 436 g/mol. The van der Waals surface area contributed by atoms with E-state index in [1.165, 1.54) is 13.2 Å². The van der Waals surface area contributed by atoms with Crippen LogP contribution in [0.1, 0.15) is 28.4 Å². The van der Waals surface area contributed by atoms with Crippen LogP contribution in [0, 0.1) is 24.0 Å². The third-order valence-electron chi connectivity index (χ3n) is 4.96. The number of amides is 1. The molecule has 0 radical (unpaired) electrons. The first-order chi connectivity index (χ1) is 14.8. The quantitative estimate of drug-likeness (QED) is 0.355. The molecule has 0 spiro atoms. The Labute approximate surface area is 191 Å². The van der Waals surface area contributed by atoms with Gasteiger partial charge in [0, 0.05) is 24.8 Å². The predicted molar refractivity (Wildman–Crippen MR) is 123 cm³/mol. The minimum absolute atomic E-state index is 0. The largest absolute Gasteiger partial charge is 0.384 e. The molecule has 8 heteroatoms. The van der Waals surface area contributed by atoms with Crippen LogP contribution in [0.5, 0.6) is 0 Å². The molecule has 0 unspecified atom stereocenters. The minimum atomic E-state index is -1.46. The van der Waals surface area contributed by atoms with Gasteiger partial charge in [0.05, 0.1) is 5.56 Å². The van der Waals surface area contributed by atoms with Crippen molar-refractivity contribution in [3.05, 3.63) is 94.6 Å². The van der Waals surface area contributed by atoms with Crippen LogP contribution in [0.25, 0.3) is 11.1 Å². The molecule has 0 saturated heterocycles. The SMILES string of the molecule is CO[C@H](C(=O)NCc1ccc(C(=N)N)cc1)c1c(F)ccc(-c2ccc(C)cc2)c1F.Cl. The summed E-state index contributed by atoms with van der Waals surface area (Å²) in [4.78, 5) is 12.7. The average molecular weight is 460 g/mol. The van der Waals surface area contributed by atoms with Gasteiger partial charge in [0.15, 0.2) is 6.10 Å². The Balaban J connectivity index is 0.00000363. The maximum absolute atomic E-state index is 15.3. The van der Waals surface area contributed by atoms with Crippen molar-refractivity contribution in [2.45, 2.75) is 19.6 Å². The van der Waals surface area contributed by atoms with Gasteiger partial charge in [-0.25, -0.2) is 8.78 Å². The summed E-state index contributed by atoms with van der Waals surface area (Å²) >= 11 is 0. The second kappa shape index (κ2) is 10.8. The molecule has 5 nitrogen and oxygen atoms in total. The first-order valence-electron chi connectivity index (χ1n) is 9.60. The summed E-state index contributed by atoms with van der Waals surface area (Å²) in [5.74, 6) is -2.43. The molecule has 0 aliphatic heterocycles. The highest BCUT2D eigenvalue weighted by atomic mass is 35.5. The molecule has 0 aliphatic rings. The van der Waals surface area contributed by atoms with Crippen LogP contribution in [0.2, 0.25) is 0 Å². The van der Waals surface area contributed by atoms with Crippen molar-refractivity contribution in [3.63, 3.8) is 0 Å². The first-order valence-corrected chi connectivity index (χ1v) is 9.60. The Kier molecular flexibility index (Phi) is 8.46. The lowest BCUT2D eigenvalue weighted by Crippen LogP contribution is -2.31. The van der Waals surface area contributed by atoms with Crippen molar-refractivity contribution < 1.29 is 18.3 Å². The van der Waals surface area contributed by atoms with Crippen LogP contribution in [0.3, 0.4) is 0 Å². The van der Waals surface area contributed by atoms with E-state index in [0.29, 0.717) is 11.1 Å². The van der Waals surface area contributed by atoms with E-state index >= 15 is 4.39 Å².